The Balaban J connectivity index is 1.46. The summed E-state index contributed by atoms with van der Waals surface area (Å²) in [5.74, 6) is 0.146. The summed E-state index contributed by atoms with van der Waals surface area (Å²) in [6.45, 7) is 6.55. The highest BCUT2D eigenvalue weighted by Crippen LogP contribution is 2.17. The van der Waals surface area contributed by atoms with E-state index >= 15 is 0 Å². The molecule has 1 aliphatic rings. The summed E-state index contributed by atoms with van der Waals surface area (Å²) in [5.41, 5.74) is 1.25. The Morgan fingerprint density at radius 3 is 2.62 bits per heavy atom. The van der Waals surface area contributed by atoms with Crippen LogP contribution in [0, 0.1) is 0 Å². The zero-order chi connectivity index (χ0) is 22.7. The minimum absolute atomic E-state index is 0.163. The van der Waals surface area contributed by atoms with Crippen LogP contribution >= 0.6 is 0 Å². The van der Waals surface area contributed by atoms with Crippen LogP contribution in [0.1, 0.15) is 44.1 Å². The first kappa shape index (κ1) is 21.6. The van der Waals surface area contributed by atoms with Gasteiger partial charge in [0.2, 0.25) is 5.95 Å². The van der Waals surface area contributed by atoms with E-state index in [9.17, 15) is 9.59 Å². The van der Waals surface area contributed by atoms with Gasteiger partial charge in [0.25, 0.3) is 5.91 Å². The Bertz CT molecular complexity index is 1110. The molecule has 0 bridgehead atoms. The molecule has 32 heavy (non-hydrogen) atoms. The van der Waals surface area contributed by atoms with E-state index in [1.165, 1.54) is 4.52 Å². The molecule has 1 fully saturated rings. The van der Waals surface area contributed by atoms with Gasteiger partial charge in [-0.05, 0) is 57.9 Å². The normalized spacial score (nSPS) is 16.6. The molecule has 2 N–H and O–H groups in total. The number of carbonyl (C=O) groups excluding carboxylic acids is 2. The van der Waals surface area contributed by atoms with Gasteiger partial charge in [-0.2, -0.15) is 4.98 Å². The van der Waals surface area contributed by atoms with Crippen molar-refractivity contribution in [3.63, 3.8) is 0 Å². The number of fused-ring (bicyclic) bond motifs is 1. The van der Waals surface area contributed by atoms with Crippen molar-refractivity contribution >= 4 is 29.3 Å². The molecule has 1 atom stereocenters. The van der Waals surface area contributed by atoms with Gasteiger partial charge in [0, 0.05) is 24.8 Å². The van der Waals surface area contributed by atoms with E-state index in [4.69, 9.17) is 4.74 Å². The van der Waals surface area contributed by atoms with Crippen LogP contribution in [0.4, 0.5) is 16.4 Å². The Kier molecular flexibility index (Phi) is 5.98. The van der Waals surface area contributed by atoms with Crippen LogP contribution in [0.2, 0.25) is 0 Å². The molecule has 3 heterocycles. The monoisotopic (exact) mass is 436 g/mol. The van der Waals surface area contributed by atoms with Gasteiger partial charge < -0.3 is 20.3 Å². The van der Waals surface area contributed by atoms with Crippen LogP contribution in [0.5, 0.6) is 0 Å². The van der Waals surface area contributed by atoms with Gasteiger partial charge >= 0.3 is 6.09 Å². The summed E-state index contributed by atoms with van der Waals surface area (Å²) >= 11 is 0. The van der Waals surface area contributed by atoms with E-state index in [2.05, 4.69) is 20.7 Å². The van der Waals surface area contributed by atoms with E-state index in [-0.39, 0.29) is 18.0 Å². The number of nitrogens with zero attached hydrogens (tertiary/aromatic N) is 4. The first-order chi connectivity index (χ1) is 15.3. The van der Waals surface area contributed by atoms with Crippen LogP contribution < -0.4 is 10.6 Å². The molecule has 1 aliphatic heterocycles. The van der Waals surface area contributed by atoms with E-state index in [1.54, 1.807) is 23.1 Å². The molecular formula is C23H28N6O3. The standard InChI is InChI=1S/C23H28N6O3/c1-23(2,3)32-22(31)28-14-8-11-17(15-28)24-20(30)18-12-7-13-19-26-21(27-29(18)19)25-16-9-5-4-6-10-16/h4-7,9-10,12-13,17H,8,11,14-15H2,1-3H3,(H,24,30)(H,25,27). The first-order valence-electron chi connectivity index (χ1n) is 10.8. The van der Waals surface area contributed by atoms with Crippen molar-refractivity contribution in [2.45, 2.75) is 45.3 Å². The van der Waals surface area contributed by atoms with Crippen LogP contribution in [0.25, 0.3) is 5.65 Å². The summed E-state index contributed by atoms with van der Waals surface area (Å²) < 4.78 is 6.99. The zero-order valence-corrected chi connectivity index (χ0v) is 18.5. The Hall–Kier alpha value is -3.62. The van der Waals surface area contributed by atoms with Crippen LogP contribution in [-0.4, -0.2) is 56.2 Å². The number of hydrogen-bond donors (Lipinski definition) is 2. The zero-order valence-electron chi connectivity index (χ0n) is 18.5. The molecular weight excluding hydrogens is 408 g/mol. The fourth-order valence-electron chi connectivity index (χ4n) is 3.63. The van der Waals surface area contributed by atoms with Crippen molar-refractivity contribution in [3.05, 3.63) is 54.2 Å². The van der Waals surface area contributed by atoms with Gasteiger partial charge in [-0.25, -0.2) is 9.31 Å². The number of nitrogens with one attached hydrogen (secondary N) is 2. The fourth-order valence-corrected chi connectivity index (χ4v) is 3.63. The van der Waals surface area contributed by atoms with Crippen molar-refractivity contribution in [2.24, 2.45) is 0 Å². The number of carbonyl (C=O) groups is 2. The van der Waals surface area contributed by atoms with Gasteiger partial charge in [-0.3, -0.25) is 4.79 Å². The van der Waals surface area contributed by atoms with Crippen LogP contribution in [0.15, 0.2) is 48.5 Å². The summed E-state index contributed by atoms with van der Waals surface area (Å²) in [5, 5.41) is 10.6. The maximum absolute atomic E-state index is 13.0. The molecule has 3 aromatic rings. The SMILES string of the molecule is CC(C)(C)OC(=O)N1CCCC(NC(=O)c2cccc3nc(Nc4ccccc4)nn23)C1. The largest absolute Gasteiger partial charge is 0.444 e. The van der Waals surface area contributed by atoms with Crippen LogP contribution in [-0.2, 0) is 4.74 Å². The lowest BCUT2D eigenvalue weighted by Gasteiger charge is -2.34. The molecule has 4 rings (SSSR count). The highest BCUT2D eigenvalue weighted by molar-refractivity contribution is 5.93. The number of benzene rings is 1. The lowest BCUT2D eigenvalue weighted by Crippen LogP contribution is -2.50. The lowest BCUT2D eigenvalue weighted by molar-refractivity contribution is 0.0185. The Morgan fingerprint density at radius 2 is 1.88 bits per heavy atom. The maximum atomic E-state index is 13.0. The van der Waals surface area contributed by atoms with Crippen LogP contribution in [0.3, 0.4) is 0 Å². The number of hydrogen-bond acceptors (Lipinski definition) is 6. The third kappa shape index (κ3) is 5.16. The van der Waals surface area contributed by atoms with Crippen molar-refractivity contribution in [2.75, 3.05) is 18.4 Å². The maximum Gasteiger partial charge on any atom is 0.410 e. The number of anilines is 2. The van der Waals surface area contributed by atoms with Crippen molar-refractivity contribution in [1.29, 1.82) is 0 Å². The Labute approximate surface area is 186 Å². The average molecular weight is 437 g/mol. The van der Waals surface area contributed by atoms with Gasteiger partial charge in [0.15, 0.2) is 5.65 Å². The predicted molar refractivity (Wildman–Crippen MR) is 121 cm³/mol. The smallest absolute Gasteiger partial charge is 0.410 e. The molecule has 0 aliphatic carbocycles. The molecule has 2 aromatic heterocycles. The molecule has 2 amide bonds. The molecule has 9 nitrogen and oxygen atoms in total. The molecule has 168 valence electrons. The predicted octanol–water partition coefficient (Wildman–Crippen LogP) is 3.60. The number of amides is 2. The number of aromatic nitrogens is 3. The van der Waals surface area contributed by atoms with Gasteiger partial charge in [-0.1, -0.05) is 24.3 Å². The van der Waals surface area contributed by atoms with Gasteiger partial charge in [0.1, 0.15) is 11.3 Å². The Morgan fingerprint density at radius 1 is 1.09 bits per heavy atom. The summed E-state index contributed by atoms with van der Waals surface area (Å²) in [6.07, 6.45) is 1.23. The number of ether oxygens (including phenoxy) is 1. The summed E-state index contributed by atoms with van der Waals surface area (Å²) in [4.78, 5) is 31.6. The molecule has 1 aromatic carbocycles. The number of likely N-dealkylation sites (tertiary alicyclic amines) is 1. The second kappa shape index (κ2) is 8.86. The highest BCUT2D eigenvalue weighted by atomic mass is 16.6. The fraction of sp³-hybridized carbons (Fsp3) is 0.391. The first-order valence-corrected chi connectivity index (χ1v) is 10.8. The van der Waals surface area contributed by atoms with E-state index in [0.717, 1.165) is 18.5 Å². The molecule has 0 saturated carbocycles. The number of para-hydroxylation sites is 1. The van der Waals surface area contributed by atoms with Crippen molar-refractivity contribution in [3.8, 4) is 0 Å². The lowest BCUT2D eigenvalue weighted by atomic mass is 10.1. The quantitative estimate of drug-likeness (QED) is 0.648. The number of pyridine rings is 1. The topological polar surface area (TPSA) is 101 Å². The van der Waals surface area contributed by atoms with Crippen molar-refractivity contribution < 1.29 is 14.3 Å². The average Bonchev–Trinajstić information content (AvgIpc) is 3.15. The van der Waals surface area contributed by atoms with E-state index < -0.39 is 5.60 Å². The second-order valence-electron chi connectivity index (χ2n) is 8.85. The number of rotatable bonds is 4. The summed E-state index contributed by atoms with van der Waals surface area (Å²) in [7, 11) is 0. The minimum Gasteiger partial charge on any atom is -0.444 e. The third-order valence-corrected chi connectivity index (χ3v) is 5.03. The molecule has 0 radical (unpaired) electrons. The molecule has 1 saturated heterocycles. The van der Waals surface area contributed by atoms with Gasteiger partial charge in [0.05, 0.1) is 0 Å². The van der Waals surface area contributed by atoms with E-state index in [0.29, 0.717) is 30.4 Å². The van der Waals surface area contributed by atoms with Crippen molar-refractivity contribution in [1.82, 2.24) is 24.8 Å². The van der Waals surface area contributed by atoms with E-state index in [1.807, 2.05) is 51.1 Å². The third-order valence-electron chi connectivity index (χ3n) is 5.03. The second-order valence-corrected chi connectivity index (χ2v) is 8.85. The number of piperidine rings is 1. The molecule has 0 spiro atoms. The molecule has 9 heteroatoms. The highest BCUT2D eigenvalue weighted by Gasteiger charge is 2.29. The molecule has 1 unspecified atom stereocenters. The van der Waals surface area contributed by atoms with Gasteiger partial charge in [-0.15, -0.1) is 5.10 Å². The minimum atomic E-state index is -0.554. The summed E-state index contributed by atoms with van der Waals surface area (Å²) in [6, 6.07) is 14.7.